The van der Waals surface area contributed by atoms with Gasteiger partial charge in [-0.05, 0) is 52.5 Å². The quantitative estimate of drug-likeness (QED) is 0.404. The Morgan fingerprint density at radius 1 is 1.00 bits per heavy atom. The number of rotatable bonds is 11. The van der Waals surface area contributed by atoms with Crippen molar-refractivity contribution in [1.82, 2.24) is 15.5 Å². The molecule has 3 amide bonds. The zero-order valence-electron chi connectivity index (χ0n) is 21.7. The molecular weight excluding hydrogens is 454 g/mol. The van der Waals surface area contributed by atoms with Gasteiger partial charge in [0.2, 0.25) is 11.8 Å². The third-order valence-corrected chi connectivity index (χ3v) is 5.10. The minimum Gasteiger partial charge on any atom is -0.508 e. The Morgan fingerprint density at radius 3 is 2.17 bits per heavy atom. The van der Waals surface area contributed by atoms with Gasteiger partial charge in [0.1, 0.15) is 30.5 Å². The number of nitrogens with one attached hydrogen (secondary N) is 2. The summed E-state index contributed by atoms with van der Waals surface area (Å²) in [6.45, 7) is 10.2. The topological polar surface area (TPSA) is 134 Å². The molecule has 0 heterocycles. The molecule has 1 rings (SSSR count). The number of alkyl carbamates (subject to hydrolysis) is 1. The molecule has 10 heteroatoms. The van der Waals surface area contributed by atoms with Gasteiger partial charge < -0.3 is 30.1 Å². The van der Waals surface area contributed by atoms with E-state index in [2.05, 4.69) is 15.4 Å². The summed E-state index contributed by atoms with van der Waals surface area (Å²) >= 11 is 0. The van der Waals surface area contributed by atoms with Crippen molar-refractivity contribution in [2.45, 2.75) is 72.1 Å². The first-order chi connectivity index (χ1) is 16.3. The molecule has 10 nitrogen and oxygen atoms in total. The summed E-state index contributed by atoms with van der Waals surface area (Å²) in [5, 5.41) is 15.4. The van der Waals surface area contributed by atoms with Crippen molar-refractivity contribution < 1.29 is 33.8 Å². The molecule has 35 heavy (non-hydrogen) atoms. The molecule has 2 unspecified atom stereocenters. The number of carbonyl (C=O) groups excluding carboxylic acids is 4. The normalized spacial score (nSPS) is 12.9. The standard InChI is InChI=1S/C25H39N3O7/c1-16(2)12-13-17(3)28(20(30)14-27-24(33)35-25(4,5)6)22(18-10-8-9-11-19(18)29)23(32)26-15-21(31)34-7/h8-11,16-17,22,29H,12-15H2,1-7H3,(H,26,32)(H,27,33). The van der Waals surface area contributed by atoms with Crippen LogP contribution in [0.5, 0.6) is 5.75 Å². The van der Waals surface area contributed by atoms with Crippen molar-refractivity contribution in [3.8, 4) is 5.75 Å². The molecule has 2 atom stereocenters. The van der Waals surface area contributed by atoms with Crippen LogP contribution in [0.2, 0.25) is 0 Å². The Balaban J connectivity index is 3.34. The first-order valence-electron chi connectivity index (χ1n) is 11.7. The predicted molar refractivity (Wildman–Crippen MR) is 130 cm³/mol. The highest BCUT2D eigenvalue weighted by molar-refractivity contribution is 5.92. The number of hydrogen-bond donors (Lipinski definition) is 3. The number of phenolic OH excluding ortho intramolecular Hbond substituents is 1. The van der Waals surface area contributed by atoms with Gasteiger partial charge in [-0.25, -0.2) is 4.79 Å². The molecular formula is C25H39N3O7. The highest BCUT2D eigenvalue weighted by Crippen LogP contribution is 2.31. The second kappa shape index (κ2) is 13.6. The highest BCUT2D eigenvalue weighted by Gasteiger charge is 2.36. The summed E-state index contributed by atoms with van der Waals surface area (Å²) in [7, 11) is 1.20. The molecule has 3 N–H and O–H groups in total. The number of methoxy groups -OCH3 is 1. The van der Waals surface area contributed by atoms with Crippen molar-refractivity contribution in [1.29, 1.82) is 0 Å². The van der Waals surface area contributed by atoms with Crippen LogP contribution in [0, 0.1) is 5.92 Å². The van der Waals surface area contributed by atoms with Crippen LogP contribution in [0.25, 0.3) is 0 Å². The van der Waals surface area contributed by atoms with Gasteiger partial charge in [0.05, 0.1) is 7.11 Å². The minimum atomic E-state index is -1.25. The van der Waals surface area contributed by atoms with E-state index >= 15 is 0 Å². The number of para-hydroxylation sites is 1. The summed E-state index contributed by atoms with van der Waals surface area (Å²) in [5.41, 5.74) is -0.555. The van der Waals surface area contributed by atoms with Crippen LogP contribution < -0.4 is 10.6 Å². The van der Waals surface area contributed by atoms with E-state index in [1.807, 2.05) is 13.8 Å². The number of hydrogen-bond acceptors (Lipinski definition) is 7. The number of benzene rings is 1. The minimum absolute atomic E-state index is 0.181. The van der Waals surface area contributed by atoms with Gasteiger partial charge in [0, 0.05) is 11.6 Å². The van der Waals surface area contributed by atoms with Crippen LogP contribution in [0.1, 0.15) is 66.0 Å². The molecule has 0 saturated heterocycles. The average molecular weight is 494 g/mol. The van der Waals surface area contributed by atoms with Crippen LogP contribution >= 0.6 is 0 Å². The summed E-state index contributed by atoms with van der Waals surface area (Å²) in [5.74, 6) is -1.70. The van der Waals surface area contributed by atoms with Crippen molar-refractivity contribution in [3.05, 3.63) is 29.8 Å². The maximum absolute atomic E-state index is 13.4. The molecule has 1 aromatic rings. The zero-order chi connectivity index (χ0) is 26.8. The van der Waals surface area contributed by atoms with Gasteiger partial charge in [-0.3, -0.25) is 14.4 Å². The third-order valence-electron chi connectivity index (χ3n) is 5.10. The fourth-order valence-electron chi connectivity index (χ4n) is 3.38. The van der Waals surface area contributed by atoms with E-state index in [1.165, 1.54) is 24.1 Å². The van der Waals surface area contributed by atoms with E-state index in [1.54, 1.807) is 39.8 Å². The molecule has 196 valence electrons. The van der Waals surface area contributed by atoms with Crippen LogP contribution in [0.4, 0.5) is 4.79 Å². The van der Waals surface area contributed by atoms with E-state index in [-0.39, 0.29) is 11.3 Å². The van der Waals surface area contributed by atoms with E-state index in [0.29, 0.717) is 12.3 Å². The maximum Gasteiger partial charge on any atom is 0.408 e. The molecule has 1 aromatic carbocycles. The van der Waals surface area contributed by atoms with Crippen LogP contribution in [-0.2, 0) is 23.9 Å². The Kier molecular flexibility index (Phi) is 11.5. The van der Waals surface area contributed by atoms with Crippen molar-refractivity contribution in [2.75, 3.05) is 20.2 Å². The van der Waals surface area contributed by atoms with Crippen LogP contribution in [0.3, 0.4) is 0 Å². The molecule has 0 radical (unpaired) electrons. The lowest BCUT2D eigenvalue weighted by Crippen LogP contribution is -2.51. The molecule has 0 fully saturated rings. The third kappa shape index (κ3) is 10.2. The Hall–Kier alpha value is -3.30. The second-order valence-corrected chi connectivity index (χ2v) is 9.73. The predicted octanol–water partition coefficient (Wildman–Crippen LogP) is 2.90. The van der Waals surface area contributed by atoms with Gasteiger partial charge in [0.15, 0.2) is 0 Å². The lowest BCUT2D eigenvalue weighted by molar-refractivity contribution is -0.145. The highest BCUT2D eigenvalue weighted by atomic mass is 16.6. The van der Waals surface area contributed by atoms with Crippen molar-refractivity contribution >= 4 is 23.9 Å². The Bertz CT molecular complexity index is 880. The molecule has 0 bridgehead atoms. The SMILES string of the molecule is COC(=O)CNC(=O)C(c1ccccc1O)N(C(=O)CNC(=O)OC(C)(C)C)C(C)CCC(C)C. The monoisotopic (exact) mass is 493 g/mol. The van der Waals surface area contributed by atoms with Crippen molar-refractivity contribution in [2.24, 2.45) is 5.92 Å². The number of carbonyl (C=O) groups is 4. The zero-order valence-corrected chi connectivity index (χ0v) is 21.7. The molecule has 0 aliphatic heterocycles. The van der Waals surface area contributed by atoms with E-state index in [4.69, 9.17) is 4.74 Å². The summed E-state index contributed by atoms with van der Waals surface area (Å²) in [6, 6.07) is 4.50. The molecule has 0 aliphatic rings. The van der Waals surface area contributed by atoms with Gasteiger partial charge in [0.25, 0.3) is 0 Å². The molecule has 0 spiro atoms. The number of amides is 3. The molecule has 0 aromatic heterocycles. The fraction of sp³-hybridized carbons (Fsp3) is 0.600. The first-order valence-corrected chi connectivity index (χ1v) is 11.7. The number of ether oxygens (including phenoxy) is 2. The summed E-state index contributed by atoms with van der Waals surface area (Å²) in [6.07, 6.45) is 0.584. The van der Waals surface area contributed by atoms with Gasteiger partial charge >= 0.3 is 12.1 Å². The Labute approximate surface area is 207 Å². The lowest BCUT2D eigenvalue weighted by Gasteiger charge is -2.36. The van der Waals surface area contributed by atoms with Gasteiger partial charge in [-0.1, -0.05) is 32.0 Å². The summed E-state index contributed by atoms with van der Waals surface area (Å²) < 4.78 is 9.79. The first kappa shape index (κ1) is 29.7. The van der Waals surface area contributed by atoms with Crippen molar-refractivity contribution in [3.63, 3.8) is 0 Å². The van der Waals surface area contributed by atoms with E-state index < -0.39 is 54.7 Å². The number of aromatic hydroxyl groups is 1. The van der Waals surface area contributed by atoms with Crippen LogP contribution in [0.15, 0.2) is 24.3 Å². The Morgan fingerprint density at radius 2 is 1.63 bits per heavy atom. The van der Waals surface area contributed by atoms with Gasteiger partial charge in [-0.15, -0.1) is 0 Å². The number of phenols is 1. The fourth-order valence-corrected chi connectivity index (χ4v) is 3.38. The van der Waals surface area contributed by atoms with Gasteiger partial charge in [-0.2, -0.15) is 0 Å². The smallest absolute Gasteiger partial charge is 0.408 e. The van der Waals surface area contributed by atoms with Crippen LogP contribution in [-0.4, -0.2) is 65.7 Å². The van der Waals surface area contributed by atoms with E-state index in [9.17, 15) is 24.3 Å². The number of esters is 1. The molecule has 0 aliphatic carbocycles. The maximum atomic E-state index is 13.4. The lowest BCUT2D eigenvalue weighted by atomic mass is 9.97. The average Bonchev–Trinajstić information content (AvgIpc) is 2.77. The van der Waals surface area contributed by atoms with E-state index in [0.717, 1.165) is 6.42 Å². The molecule has 0 saturated carbocycles. The summed E-state index contributed by atoms with van der Waals surface area (Å²) in [4.78, 5) is 51.8. The second-order valence-electron chi connectivity index (χ2n) is 9.73. The number of nitrogens with zero attached hydrogens (tertiary/aromatic N) is 1. The largest absolute Gasteiger partial charge is 0.508 e.